The molecule has 32 heavy (non-hydrogen) atoms. The van der Waals surface area contributed by atoms with Gasteiger partial charge in [0.25, 0.3) is 0 Å². The SMILES string of the molecule is Cc1nccn1CC(=O)N1CCCC2(C1)Nc1cccnc1NC2=NCc1ccccc1. The van der Waals surface area contributed by atoms with Crippen molar-refractivity contribution >= 4 is 23.2 Å². The van der Waals surface area contributed by atoms with Crippen molar-refractivity contribution in [1.29, 1.82) is 0 Å². The molecule has 2 aliphatic heterocycles. The Labute approximate surface area is 187 Å². The zero-order valence-corrected chi connectivity index (χ0v) is 18.2. The van der Waals surface area contributed by atoms with Crippen molar-refractivity contribution in [1.82, 2.24) is 19.4 Å². The largest absolute Gasteiger partial charge is 0.368 e. The Morgan fingerprint density at radius 3 is 2.84 bits per heavy atom. The zero-order valence-electron chi connectivity index (χ0n) is 18.2. The number of anilines is 2. The van der Waals surface area contributed by atoms with E-state index in [1.54, 1.807) is 12.4 Å². The van der Waals surface area contributed by atoms with Gasteiger partial charge in [-0.05, 0) is 37.5 Å². The lowest BCUT2D eigenvalue weighted by molar-refractivity contribution is -0.133. The molecular formula is C24H27N7O. The molecule has 0 saturated carbocycles. The third kappa shape index (κ3) is 3.95. The van der Waals surface area contributed by atoms with Crippen LogP contribution in [0.5, 0.6) is 0 Å². The number of aliphatic imine (C=N–C) groups is 1. The molecule has 2 aromatic heterocycles. The van der Waals surface area contributed by atoms with Gasteiger partial charge < -0.3 is 20.1 Å². The van der Waals surface area contributed by atoms with Gasteiger partial charge >= 0.3 is 0 Å². The maximum Gasteiger partial charge on any atom is 0.242 e. The molecule has 8 nitrogen and oxygen atoms in total. The van der Waals surface area contributed by atoms with Gasteiger partial charge in [0.1, 0.15) is 23.7 Å². The minimum atomic E-state index is -0.470. The molecule has 1 spiro atoms. The number of carbonyl (C=O) groups is 1. The summed E-state index contributed by atoms with van der Waals surface area (Å²) < 4.78 is 1.89. The molecule has 0 aliphatic carbocycles. The highest BCUT2D eigenvalue weighted by Gasteiger charge is 2.44. The zero-order chi connectivity index (χ0) is 22.0. The molecule has 1 saturated heterocycles. The number of amides is 1. The van der Waals surface area contributed by atoms with Crippen LogP contribution in [0, 0.1) is 6.92 Å². The molecule has 1 atom stereocenters. The molecule has 3 aromatic rings. The first kappa shape index (κ1) is 20.2. The Morgan fingerprint density at radius 1 is 1.16 bits per heavy atom. The standard InChI is InChI=1S/C24H27N7O/c1-18-25-12-14-30(18)16-21(32)31-13-6-10-24(17-31)23(27-15-19-7-3-2-4-8-19)28-22-20(29-24)9-5-11-26-22/h2-5,7-9,11-12,14,29H,6,10,13,15-17H2,1H3,(H,26,27,28). The van der Waals surface area contributed by atoms with E-state index in [-0.39, 0.29) is 5.91 Å². The second kappa shape index (κ2) is 8.45. The van der Waals surface area contributed by atoms with E-state index >= 15 is 0 Å². The Balaban J connectivity index is 1.43. The van der Waals surface area contributed by atoms with E-state index in [0.717, 1.165) is 48.1 Å². The van der Waals surface area contributed by atoms with E-state index < -0.39 is 5.54 Å². The van der Waals surface area contributed by atoms with Crippen LogP contribution in [0.25, 0.3) is 0 Å². The summed E-state index contributed by atoms with van der Waals surface area (Å²) in [7, 11) is 0. The lowest BCUT2D eigenvalue weighted by Crippen LogP contribution is -2.63. The van der Waals surface area contributed by atoms with Crippen LogP contribution in [0.3, 0.4) is 0 Å². The fraction of sp³-hybridized carbons (Fsp3) is 0.333. The van der Waals surface area contributed by atoms with E-state index in [1.807, 2.05) is 52.9 Å². The number of carbonyl (C=O) groups excluding carboxylic acids is 1. The fourth-order valence-electron chi connectivity index (χ4n) is 4.48. The summed E-state index contributed by atoms with van der Waals surface area (Å²) in [5, 5.41) is 7.15. The predicted octanol–water partition coefficient (Wildman–Crippen LogP) is 3.08. The van der Waals surface area contributed by atoms with Crippen LogP contribution >= 0.6 is 0 Å². The van der Waals surface area contributed by atoms with Crippen LogP contribution in [-0.4, -0.2) is 49.8 Å². The van der Waals surface area contributed by atoms with Gasteiger partial charge in [-0.2, -0.15) is 0 Å². The molecule has 5 rings (SSSR count). The summed E-state index contributed by atoms with van der Waals surface area (Å²) in [5.41, 5.74) is 1.61. The highest BCUT2D eigenvalue weighted by molar-refractivity contribution is 6.09. The van der Waals surface area contributed by atoms with Crippen molar-refractivity contribution in [3.8, 4) is 0 Å². The summed E-state index contributed by atoms with van der Waals surface area (Å²) in [6.45, 7) is 4.06. The van der Waals surface area contributed by atoms with Crippen LogP contribution in [0.4, 0.5) is 11.5 Å². The lowest BCUT2D eigenvalue weighted by Gasteiger charge is -2.47. The van der Waals surface area contributed by atoms with E-state index in [9.17, 15) is 4.79 Å². The number of imidazole rings is 1. The number of likely N-dealkylation sites (tertiary alicyclic amines) is 1. The Hall–Kier alpha value is -3.68. The fourth-order valence-corrected chi connectivity index (χ4v) is 4.48. The van der Waals surface area contributed by atoms with Gasteiger partial charge in [-0.1, -0.05) is 30.3 Å². The number of aryl methyl sites for hydroxylation is 1. The number of pyridine rings is 1. The average Bonchev–Trinajstić information content (AvgIpc) is 3.22. The summed E-state index contributed by atoms with van der Waals surface area (Å²) in [6.07, 6.45) is 7.12. The van der Waals surface area contributed by atoms with Crippen molar-refractivity contribution in [2.45, 2.75) is 38.4 Å². The summed E-state index contributed by atoms with van der Waals surface area (Å²) >= 11 is 0. The van der Waals surface area contributed by atoms with Gasteiger partial charge in [0.05, 0.1) is 18.8 Å². The van der Waals surface area contributed by atoms with Crippen molar-refractivity contribution in [2.75, 3.05) is 23.7 Å². The lowest BCUT2D eigenvalue weighted by atomic mass is 9.85. The molecule has 1 amide bonds. The molecule has 2 N–H and O–H groups in total. The Kier molecular flexibility index (Phi) is 5.34. The average molecular weight is 430 g/mol. The maximum absolute atomic E-state index is 13.2. The number of aromatic nitrogens is 3. The van der Waals surface area contributed by atoms with Crippen LogP contribution < -0.4 is 10.6 Å². The van der Waals surface area contributed by atoms with Crippen molar-refractivity contribution in [3.05, 3.63) is 72.4 Å². The maximum atomic E-state index is 13.2. The highest BCUT2D eigenvalue weighted by atomic mass is 16.2. The topological polar surface area (TPSA) is 87.4 Å². The third-order valence-corrected chi connectivity index (χ3v) is 6.21. The molecule has 8 heteroatoms. The Morgan fingerprint density at radius 2 is 2.03 bits per heavy atom. The van der Waals surface area contributed by atoms with Gasteiger partial charge in [-0.25, -0.2) is 9.97 Å². The van der Waals surface area contributed by atoms with Gasteiger partial charge in [0.2, 0.25) is 5.91 Å². The quantitative estimate of drug-likeness (QED) is 0.666. The number of nitrogens with one attached hydrogen (secondary N) is 2. The van der Waals surface area contributed by atoms with Crippen LogP contribution in [0.2, 0.25) is 0 Å². The molecule has 1 aromatic carbocycles. The number of rotatable bonds is 4. The smallest absolute Gasteiger partial charge is 0.242 e. The molecule has 0 radical (unpaired) electrons. The number of hydrogen-bond donors (Lipinski definition) is 2. The number of hydrogen-bond acceptors (Lipinski definition) is 5. The monoisotopic (exact) mass is 429 g/mol. The minimum Gasteiger partial charge on any atom is -0.368 e. The van der Waals surface area contributed by atoms with Crippen LogP contribution in [-0.2, 0) is 17.9 Å². The second-order valence-corrected chi connectivity index (χ2v) is 8.40. The molecule has 2 aliphatic rings. The third-order valence-electron chi connectivity index (χ3n) is 6.21. The van der Waals surface area contributed by atoms with Gasteiger partial charge in [0, 0.05) is 25.1 Å². The summed E-state index contributed by atoms with van der Waals surface area (Å²) in [5.74, 6) is 2.53. The summed E-state index contributed by atoms with van der Waals surface area (Å²) in [6, 6.07) is 14.1. The number of piperidine rings is 1. The predicted molar refractivity (Wildman–Crippen MR) is 125 cm³/mol. The molecule has 0 bridgehead atoms. The van der Waals surface area contributed by atoms with Gasteiger partial charge in [-0.15, -0.1) is 0 Å². The van der Waals surface area contributed by atoms with Crippen LogP contribution in [0.15, 0.2) is 66.0 Å². The van der Waals surface area contributed by atoms with Gasteiger partial charge in [0.15, 0.2) is 5.82 Å². The number of fused-ring (bicyclic) bond motifs is 1. The minimum absolute atomic E-state index is 0.0892. The van der Waals surface area contributed by atoms with E-state index in [1.165, 1.54) is 0 Å². The van der Waals surface area contributed by atoms with Crippen molar-refractivity contribution < 1.29 is 4.79 Å². The van der Waals surface area contributed by atoms with Gasteiger partial charge in [-0.3, -0.25) is 9.79 Å². The van der Waals surface area contributed by atoms with E-state index in [4.69, 9.17) is 4.99 Å². The second-order valence-electron chi connectivity index (χ2n) is 8.40. The molecule has 1 unspecified atom stereocenters. The van der Waals surface area contributed by atoms with E-state index in [2.05, 4.69) is 32.7 Å². The van der Waals surface area contributed by atoms with Crippen molar-refractivity contribution in [3.63, 3.8) is 0 Å². The summed E-state index contributed by atoms with van der Waals surface area (Å²) in [4.78, 5) is 28.8. The molecular weight excluding hydrogens is 402 g/mol. The first-order valence-electron chi connectivity index (χ1n) is 11.0. The molecule has 1 fully saturated rings. The normalized spacial score (nSPS) is 21.2. The van der Waals surface area contributed by atoms with E-state index in [0.29, 0.717) is 19.6 Å². The number of amidine groups is 1. The Bertz CT molecular complexity index is 1140. The van der Waals surface area contributed by atoms with Crippen molar-refractivity contribution in [2.24, 2.45) is 4.99 Å². The first-order chi connectivity index (χ1) is 15.6. The van der Waals surface area contributed by atoms with Crippen LogP contribution in [0.1, 0.15) is 24.2 Å². The number of nitrogens with zero attached hydrogens (tertiary/aromatic N) is 5. The highest BCUT2D eigenvalue weighted by Crippen LogP contribution is 2.35. The first-order valence-corrected chi connectivity index (χ1v) is 11.0. The molecule has 4 heterocycles. The number of benzene rings is 1. The molecule has 164 valence electrons.